The fraction of sp³-hybridized carbons (Fsp3) is 0.267. The molecule has 0 spiro atoms. The molecule has 0 saturated carbocycles. The highest BCUT2D eigenvalue weighted by molar-refractivity contribution is 9.10. The van der Waals surface area contributed by atoms with Crippen molar-refractivity contribution < 1.29 is 0 Å². The highest BCUT2D eigenvalue weighted by Gasteiger charge is 2.08. The molecule has 0 unspecified atom stereocenters. The summed E-state index contributed by atoms with van der Waals surface area (Å²) in [6, 6.07) is 10.4. The summed E-state index contributed by atoms with van der Waals surface area (Å²) in [5.41, 5.74) is 10.3. The smallest absolute Gasteiger partial charge is 0.0445 e. The number of nitrogens with two attached hydrogens (primary N) is 1. The molecule has 0 saturated heterocycles. The number of pyridine rings is 1. The Kier molecular flexibility index (Phi) is 4.56. The van der Waals surface area contributed by atoms with Crippen molar-refractivity contribution in [2.24, 2.45) is 5.73 Å². The predicted octanol–water partition coefficient (Wildman–Crippen LogP) is 3.25. The molecular weight excluding hydrogens is 302 g/mol. The standard InChI is InChI=1S/C15H18BrN3/c1-11-6-15(13(8-17)9-18-11)19(2)10-12-4-3-5-14(16)7-12/h3-7,9H,8,10,17H2,1-2H3. The topological polar surface area (TPSA) is 42.1 Å². The van der Waals surface area contributed by atoms with Gasteiger partial charge in [-0.15, -0.1) is 0 Å². The van der Waals surface area contributed by atoms with Crippen molar-refractivity contribution in [1.29, 1.82) is 0 Å². The molecule has 1 aromatic carbocycles. The first kappa shape index (κ1) is 14.0. The van der Waals surface area contributed by atoms with Gasteiger partial charge in [-0.3, -0.25) is 4.98 Å². The molecule has 4 heteroatoms. The zero-order valence-corrected chi connectivity index (χ0v) is 12.8. The van der Waals surface area contributed by atoms with Gasteiger partial charge in [0.1, 0.15) is 0 Å². The highest BCUT2D eigenvalue weighted by atomic mass is 79.9. The maximum atomic E-state index is 5.78. The van der Waals surface area contributed by atoms with Crippen LogP contribution in [0, 0.1) is 6.92 Å². The summed E-state index contributed by atoms with van der Waals surface area (Å²) in [5.74, 6) is 0. The van der Waals surface area contributed by atoms with Crippen molar-refractivity contribution in [2.45, 2.75) is 20.0 Å². The molecule has 1 aromatic heterocycles. The Balaban J connectivity index is 2.24. The molecule has 0 atom stereocenters. The van der Waals surface area contributed by atoms with Crippen LogP contribution in [-0.2, 0) is 13.1 Å². The van der Waals surface area contributed by atoms with Gasteiger partial charge in [0, 0.05) is 47.8 Å². The monoisotopic (exact) mass is 319 g/mol. The van der Waals surface area contributed by atoms with Crippen molar-refractivity contribution >= 4 is 21.6 Å². The number of hydrogen-bond donors (Lipinski definition) is 1. The molecule has 0 amide bonds. The van der Waals surface area contributed by atoms with Gasteiger partial charge >= 0.3 is 0 Å². The van der Waals surface area contributed by atoms with Crippen molar-refractivity contribution in [2.75, 3.05) is 11.9 Å². The molecule has 1 heterocycles. The summed E-state index contributed by atoms with van der Waals surface area (Å²) in [7, 11) is 2.08. The molecular formula is C15H18BrN3. The number of rotatable bonds is 4. The van der Waals surface area contributed by atoms with Gasteiger partial charge in [-0.25, -0.2) is 0 Å². The lowest BCUT2D eigenvalue weighted by Gasteiger charge is -2.22. The van der Waals surface area contributed by atoms with Crippen LogP contribution in [0.1, 0.15) is 16.8 Å². The van der Waals surface area contributed by atoms with E-state index < -0.39 is 0 Å². The quantitative estimate of drug-likeness (QED) is 0.940. The van der Waals surface area contributed by atoms with Crippen molar-refractivity contribution in [3.8, 4) is 0 Å². The van der Waals surface area contributed by atoms with Crippen LogP contribution in [0.3, 0.4) is 0 Å². The zero-order valence-electron chi connectivity index (χ0n) is 11.2. The normalized spacial score (nSPS) is 10.5. The van der Waals surface area contributed by atoms with E-state index in [1.165, 1.54) is 5.56 Å². The van der Waals surface area contributed by atoms with Crippen LogP contribution in [0.2, 0.25) is 0 Å². The molecule has 2 N–H and O–H groups in total. The van der Waals surface area contributed by atoms with Gasteiger partial charge in [0.05, 0.1) is 0 Å². The second kappa shape index (κ2) is 6.17. The van der Waals surface area contributed by atoms with Crippen molar-refractivity contribution in [3.05, 3.63) is 57.8 Å². The summed E-state index contributed by atoms with van der Waals surface area (Å²) >= 11 is 3.50. The summed E-state index contributed by atoms with van der Waals surface area (Å²) in [5, 5.41) is 0. The Morgan fingerprint density at radius 3 is 2.79 bits per heavy atom. The lowest BCUT2D eigenvalue weighted by atomic mass is 10.1. The molecule has 19 heavy (non-hydrogen) atoms. The number of aromatic nitrogens is 1. The third kappa shape index (κ3) is 3.55. The Labute approximate surface area is 122 Å². The van der Waals surface area contributed by atoms with E-state index in [-0.39, 0.29) is 0 Å². The Hall–Kier alpha value is -1.39. The Bertz CT molecular complexity index is 569. The van der Waals surface area contributed by atoms with E-state index in [4.69, 9.17) is 5.73 Å². The Morgan fingerprint density at radius 1 is 1.32 bits per heavy atom. The average molecular weight is 320 g/mol. The van der Waals surface area contributed by atoms with E-state index in [1.54, 1.807) is 0 Å². The van der Waals surface area contributed by atoms with Gasteiger partial charge in [-0.1, -0.05) is 28.1 Å². The maximum absolute atomic E-state index is 5.78. The van der Waals surface area contributed by atoms with Crippen LogP contribution in [0.15, 0.2) is 41.0 Å². The number of hydrogen-bond acceptors (Lipinski definition) is 3. The predicted molar refractivity (Wildman–Crippen MR) is 83.1 cm³/mol. The number of benzene rings is 1. The third-order valence-electron chi connectivity index (χ3n) is 3.04. The van der Waals surface area contributed by atoms with E-state index in [0.717, 1.165) is 28.0 Å². The molecule has 2 rings (SSSR count). The van der Waals surface area contributed by atoms with Gasteiger partial charge in [-0.2, -0.15) is 0 Å². The fourth-order valence-corrected chi connectivity index (χ4v) is 2.53. The zero-order chi connectivity index (χ0) is 13.8. The fourth-order valence-electron chi connectivity index (χ4n) is 2.08. The second-order valence-electron chi connectivity index (χ2n) is 4.64. The van der Waals surface area contributed by atoms with Crippen LogP contribution >= 0.6 is 15.9 Å². The minimum absolute atomic E-state index is 0.505. The molecule has 100 valence electrons. The van der Waals surface area contributed by atoms with Crippen LogP contribution in [-0.4, -0.2) is 12.0 Å². The minimum Gasteiger partial charge on any atom is -0.370 e. The first-order valence-electron chi connectivity index (χ1n) is 6.21. The Morgan fingerprint density at radius 2 is 2.11 bits per heavy atom. The maximum Gasteiger partial charge on any atom is 0.0445 e. The largest absolute Gasteiger partial charge is 0.370 e. The molecule has 0 aliphatic heterocycles. The first-order chi connectivity index (χ1) is 9.10. The van der Waals surface area contributed by atoms with Crippen LogP contribution in [0.4, 0.5) is 5.69 Å². The van der Waals surface area contributed by atoms with Crippen LogP contribution in [0.25, 0.3) is 0 Å². The highest BCUT2D eigenvalue weighted by Crippen LogP contribution is 2.22. The lowest BCUT2D eigenvalue weighted by Crippen LogP contribution is -2.19. The molecule has 0 radical (unpaired) electrons. The minimum atomic E-state index is 0.505. The van der Waals surface area contributed by atoms with Crippen LogP contribution < -0.4 is 10.6 Å². The van der Waals surface area contributed by atoms with E-state index in [0.29, 0.717) is 6.54 Å². The second-order valence-corrected chi connectivity index (χ2v) is 5.56. The van der Waals surface area contributed by atoms with E-state index >= 15 is 0 Å². The molecule has 3 nitrogen and oxygen atoms in total. The number of anilines is 1. The summed E-state index contributed by atoms with van der Waals surface area (Å²) < 4.78 is 1.10. The molecule has 0 fully saturated rings. The number of halogens is 1. The van der Waals surface area contributed by atoms with E-state index in [9.17, 15) is 0 Å². The van der Waals surface area contributed by atoms with Gasteiger partial charge in [0.15, 0.2) is 0 Å². The number of nitrogens with zero attached hydrogens (tertiary/aromatic N) is 2. The molecule has 0 aliphatic rings. The molecule has 0 bridgehead atoms. The third-order valence-corrected chi connectivity index (χ3v) is 3.53. The number of aryl methyl sites for hydroxylation is 1. The lowest BCUT2D eigenvalue weighted by molar-refractivity contribution is 0.894. The summed E-state index contributed by atoms with van der Waals surface area (Å²) in [6.07, 6.45) is 1.86. The summed E-state index contributed by atoms with van der Waals surface area (Å²) in [4.78, 5) is 6.51. The van der Waals surface area contributed by atoms with Gasteiger partial charge in [0.2, 0.25) is 0 Å². The van der Waals surface area contributed by atoms with Crippen LogP contribution in [0.5, 0.6) is 0 Å². The first-order valence-corrected chi connectivity index (χ1v) is 7.00. The molecule has 0 aliphatic carbocycles. The van der Waals surface area contributed by atoms with E-state index in [1.807, 2.05) is 19.2 Å². The van der Waals surface area contributed by atoms with Crippen molar-refractivity contribution in [1.82, 2.24) is 4.98 Å². The van der Waals surface area contributed by atoms with E-state index in [2.05, 4.69) is 57.1 Å². The van der Waals surface area contributed by atoms with Gasteiger partial charge < -0.3 is 10.6 Å². The summed E-state index contributed by atoms with van der Waals surface area (Å²) in [6.45, 7) is 3.35. The van der Waals surface area contributed by atoms with Gasteiger partial charge in [-0.05, 0) is 30.7 Å². The van der Waals surface area contributed by atoms with Gasteiger partial charge in [0.25, 0.3) is 0 Å². The molecule has 2 aromatic rings. The van der Waals surface area contributed by atoms with Crippen molar-refractivity contribution in [3.63, 3.8) is 0 Å². The SMILES string of the molecule is Cc1cc(N(C)Cc2cccc(Br)c2)c(CN)cn1. The average Bonchev–Trinajstić information content (AvgIpc) is 2.38.